The van der Waals surface area contributed by atoms with Crippen LogP contribution in [-0.2, 0) is 10.9 Å². The SMILES string of the molecule is CCOC(=O)c1c(NC(=S)Nc2cccc(C(F)(F)F)c2)sc(C)c1C. The van der Waals surface area contributed by atoms with Crippen molar-refractivity contribution in [1.29, 1.82) is 0 Å². The van der Waals surface area contributed by atoms with E-state index in [1.807, 2.05) is 6.92 Å². The van der Waals surface area contributed by atoms with Crippen molar-refractivity contribution in [3.63, 3.8) is 0 Å². The van der Waals surface area contributed by atoms with E-state index in [0.717, 1.165) is 22.6 Å². The van der Waals surface area contributed by atoms with Gasteiger partial charge in [0.15, 0.2) is 5.11 Å². The quantitative estimate of drug-likeness (QED) is 0.532. The van der Waals surface area contributed by atoms with Crippen LogP contribution in [0.5, 0.6) is 0 Å². The highest BCUT2D eigenvalue weighted by molar-refractivity contribution is 7.80. The third-order valence-corrected chi connectivity index (χ3v) is 4.87. The van der Waals surface area contributed by atoms with Crippen LogP contribution in [0.3, 0.4) is 0 Å². The zero-order chi connectivity index (χ0) is 19.5. The molecule has 0 saturated heterocycles. The number of alkyl halides is 3. The molecule has 0 aliphatic rings. The lowest BCUT2D eigenvalue weighted by molar-refractivity contribution is -0.137. The summed E-state index contributed by atoms with van der Waals surface area (Å²) in [6.07, 6.45) is -4.44. The second-order valence-electron chi connectivity index (χ2n) is 5.37. The molecule has 0 aliphatic heterocycles. The number of nitrogens with one attached hydrogen (secondary N) is 2. The second kappa shape index (κ2) is 8.05. The molecule has 0 unspecified atom stereocenters. The summed E-state index contributed by atoms with van der Waals surface area (Å²) in [5.74, 6) is -0.473. The molecule has 0 atom stereocenters. The molecule has 2 N–H and O–H groups in total. The van der Waals surface area contributed by atoms with Gasteiger partial charge in [0.1, 0.15) is 5.00 Å². The van der Waals surface area contributed by atoms with Crippen molar-refractivity contribution >= 4 is 45.3 Å². The average molecular weight is 402 g/mol. The molecule has 0 radical (unpaired) electrons. The van der Waals surface area contributed by atoms with Gasteiger partial charge >= 0.3 is 12.1 Å². The van der Waals surface area contributed by atoms with E-state index in [1.54, 1.807) is 13.8 Å². The van der Waals surface area contributed by atoms with E-state index in [0.29, 0.717) is 10.6 Å². The molecule has 0 fully saturated rings. The average Bonchev–Trinajstić information content (AvgIpc) is 2.81. The molecule has 1 heterocycles. The molecule has 0 saturated carbocycles. The number of carbonyl (C=O) groups excluding carboxylic acids is 1. The van der Waals surface area contributed by atoms with Crippen molar-refractivity contribution in [3.05, 3.63) is 45.8 Å². The van der Waals surface area contributed by atoms with Crippen LogP contribution in [0.15, 0.2) is 24.3 Å². The lowest BCUT2D eigenvalue weighted by Gasteiger charge is -2.13. The number of rotatable bonds is 4. The first kappa shape index (κ1) is 20.2. The standard InChI is InChI=1S/C17H17F3N2O2S2/c1-4-24-15(23)13-9(2)10(3)26-14(13)22-16(25)21-12-7-5-6-11(8-12)17(18,19)20/h5-8H,4H2,1-3H3,(H2,21,22,25). The van der Waals surface area contributed by atoms with Gasteiger partial charge in [-0.05, 0) is 56.8 Å². The lowest BCUT2D eigenvalue weighted by atomic mass is 10.1. The number of halogens is 3. The number of ether oxygens (including phenoxy) is 1. The Morgan fingerprint density at radius 1 is 1.27 bits per heavy atom. The van der Waals surface area contributed by atoms with E-state index >= 15 is 0 Å². The van der Waals surface area contributed by atoms with Gasteiger partial charge in [0.25, 0.3) is 0 Å². The Kier molecular flexibility index (Phi) is 6.25. The van der Waals surface area contributed by atoms with Crippen LogP contribution in [0, 0.1) is 13.8 Å². The largest absolute Gasteiger partial charge is 0.462 e. The van der Waals surface area contributed by atoms with Gasteiger partial charge < -0.3 is 15.4 Å². The number of hydrogen-bond acceptors (Lipinski definition) is 4. The fraction of sp³-hybridized carbons (Fsp3) is 0.294. The van der Waals surface area contributed by atoms with Crippen LogP contribution in [0.1, 0.15) is 33.3 Å². The molecule has 1 aromatic carbocycles. The molecule has 9 heteroatoms. The van der Waals surface area contributed by atoms with Crippen LogP contribution < -0.4 is 10.6 Å². The van der Waals surface area contributed by atoms with E-state index in [4.69, 9.17) is 17.0 Å². The van der Waals surface area contributed by atoms with Gasteiger partial charge in [-0.3, -0.25) is 0 Å². The maximum atomic E-state index is 12.8. The molecule has 2 aromatic rings. The second-order valence-corrected chi connectivity index (χ2v) is 7.00. The molecular formula is C17H17F3N2O2S2. The van der Waals surface area contributed by atoms with Gasteiger partial charge in [0, 0.05) is 10.6 Å². The Morgan fingerprint density at radius 2 is 1.96 bits per heavy atom. The third kappa shape index (κ3) is 4.73. The van der Waals surface area contributed by atoms with Crippen molar-refractivity contribution in [2.24, 2.45) is 0 Å². The maximum Gasteiger partial charge on any atom is 0.416 e. The number of thiophene rings is 1. The van der Waals surface area contributed by atoms with Gasteiger partial charge in [-0.25, -0.2) is 4.79 Å². The first-order valence-corrected chi connectivity index (χ1v) is 8.88. The van der Waals surface area contributed by atoms with Crippen molar-refractivity contribution in [1.82, 2.24) is 0 Å². The summed E-state index contributed by atoms with van der Waals surface area (Å²) in [4.78, 5) is 13.1. The minimum atomic E-state index is -4.44. The van der Waals surface area contributed by atoms with Crippen LogP contribution in [0.4, 0.5) is 23.9 Å². The summed E-state index contributed by atoms with van der Waals surface area (Å²) < 4.78 is 43.4. The first-order valence-electron chi connectivity index (χ1n) is 7.65. The summed E-state index contributed by atoms with van der Waals surface area (Å²) in [5.41, 5.74) is 0.570. The summed E-state index contributed by atoms with van der Waals surface area (Å²) >= 11 is 6.49. The minimum Gasteiger partial charge on any atom is -0.462 e. The molecule has 0 aliphatic carbocycles. The summed E-state index contributed by atoms with van der Waals surface area (Å²) in [6.45, 7) is 5.60. The summed E-state index contributed by atoms with van der Waals surface area (Å²) in [5, 5.41) is 6.15. The fourth-order valence-electron chi connectivity index (χ4n) is 2.20. The fourth-order valence-corrected chi connectivity index (χ4v) is 3.54. The molecule has 26 heavy (non-hydrogen) atoms. The number of benzene rings is 1. The van der Waals surface area contributed by atoms with Crippen LogP contribution in [0.25, 0.3) is 0 Å². The van der Waals surface area contributed by atoms with Crippen molar-refractivity contribution in [2.75, 3.05) is 17.2 Å². The molecule has 0 bridgehead atoms. The highest BCUT2D eigenvalue weighted by Gasteiger charge is 2.30. The Morgan fingerprint density at radius 3 is 2.58 bits per heavy atom. The van der Waals surface area contributed by atoms with E-state index in [1.165, 1.54) is 23.5 Å². The summed E-state index contributed by atoms with van der Waals surface area (Å²) in [6, 6.07) is 4.70. The minimum absolute atomic E-state index is 0.0797. The van der Waals surface area contributed by atoms with Crippen molar-refractivity contribution in [2.45, 2.75) is 26.9 Å². The molecule has 2 rings (SSSR count). The number of anilines is 2. The van der Waals surface area contributed by atoms with Gasteiger partial charge in [-0.2, -0.15) is 13.2 Å². The molecule has 1 aromatic heterocycles. The molecule has 4 nitrogen and oxygen atoms in total. The number of hydrogen-bond donors (Lipinski definition) is 2. The molecule has 140 valence electrons. The highest BCUT2D eigenvalue weighted by Crippen LogP contribution is 2.34. The van der Waals surface area contributed by atoms with E-state index in [9.17, 15) is 18.0 Å². The predicted octanol–water partition coefficient (Wildman–Crippen LogP) is 5.37. The predicted molar refractivity (Wildman–Crippen MR) is 101 cm³/mol. The third-order valence-electron chi connectivity index (χ3n) is 3.54. The van der Waals surface area contributed by atoms with Crippen LogP contribution >= 0.6 is 23.6 Å². The Balaban J connectivity index is 2.19. The van der Waals surface area contributed by atoms with Crippen molar-refractivity contribution < 1.29 is 22.7 Å². The van der Waals surface area contributed by atoms with Gasteiger partial charge in [0.2, 0.25) is 0 Å². The number of carbonyl (C=O) groups is 1. The van der Waals surface area contributed by atoms with Gasteiger partial charge in [0.05, 0.1) is 17.7 Å². The first-order chi connectivity index (χ1) is 12.1. The monoisotopic (exact) mass is 402 g/mol. The Hall–Kier alpha value is -2.13. The number of aryl methyl sites for hydroxylation is 1. The maximum absolute atomic E-state index is 12.8. The number of thiocarbonyl (C=S) groups is 1. The molecule has 0 amide bonds. The topological polar surface area (TPSA) is 50.4 Å². The molecule has 0 spiro atoms. The highest BCUT2D eigenvalue weighted by atomic mass is 32.1. The van der Waals surface area contributed by atoms with Crippen LogP contribution in [-0.4, -0.2) is 17.7 Å². The van der Waals surface area contributed by atoms with E-state index in [-0.39, 0.29) is 17.4 Å². The van der Waals surface area contributed by atoms with Crippen molar-refractivity contribution in [3.8, 4) is 0 Å². The van der Waals surface area contributed by atoms with Gasteiger partial charge in [-0.1, -0.05) is 6.07 Å². The van der Waals surface area contributed by atoms with E-state index < -0.39 is 17.7 Å². The zero-order valence-corrected chi connectivity index (χ0v) is 15.9. The van der Waals surface area contributed by atoms with Gasteiger partial charge in [-0.15, -0.1) is 11.3 Å². The smallest absolute Gasteiger partial charge is 0.416 e. The normalized spacial score (nSPS) is 11.2. The Bertz CT molecular complexity index is 832. The molecular weight excluding hydrogens is 385 g/mol. The van der Waals surface area contributed by atoms with Crippen LogP contribution in [0.2, 0.25) is 0 Å². The number of esters is 1. The zero-order valence-electron chi connectivity index (χ0n) is 14.3. The lowest BCUT2D eigenvalue weighted by Crippen LogP contribution is -2.20. The Labute approximate surface area is 158 Å². The van der Waals surface area contributed by atoms with E-state index in [2.05, 4.69) is 10.6 Å². The summed E-state index contributed by atoms with van der Waals surface area (Å²) in [7, 11) is 0.